The first-order chi connectivity index (χ1) is 9.67. The molecule has 118 valence electrons. The molecule has 0 saturated carbocycles. The zero-order valence-electron chi connectivity index (χ0n) is 13.9. The number of hydrogen-bond donors (Lipinski definition) is 1. The Hall–Kier alpha value is -1.55. The molecule has 0 aromatic heterocycles. The van der Waals surface area contributed by atoms with Gasteiger partial charge in [-0.25, -0.2) is 0 Å². The second kappa shape index (κ2) is 7.46. The van der Waals surface area contributed by atoms with Crippen LogP contribution in [0.15, 0.2) is 24.3 Å². The van der Waals surface area contributed by atoms with Crippen LogP contribution in [0.3, 0.4) is 0 Å². The summed E-state index contributed by atoms with van der Waals surface area (Å²) >= 11 is 0. The van der Waals surface area contributed by atoms with Crippen LogP contribution in [-0.4, -0.2) is 30.3 Å². The Morgan fingerprint density at radius 1 is 1.19 bits per heavy atom. The van der Waals surface area contributed by atoms with Crippen LogP contribution in [-0.2, 0) is 9.53 Å². The minimum atomic E-state index is -0.464. The lowest BCUT2D eigenvalue weighted by Gasteiger charge is -2.24. The van der Waals surface area contributed by atoms with E-state index in [9.17, 15) is 4.79 Å². The number of benzene rings is 1. The summed E-state index contributed by atoms with van der Waals surface area (Å²) < 4.78 is 11.0. The van der Waals surface area contributed by atoms with Crippen molar-refractivity contribution in [1.82, 2.24) is 5.32 Å². The fourth-order valence-corrected chi connectivity index (χ4v) is 1.79. The van der Waals surface area contributed by atoms with Gasteiger partial charge < -0.3 is 9.47 Å². The minimum absolute atomic E-state index is 0.0498. The lowest BCUT2D eigenvalue weighted by Crippen LogP contribution is -2.45. The van der Waals surface area contributed by atoms with Crippen molar-refractivity contribution in [2.75, 3.05) is 6.61 Å². The summed E-state index contributed by atoms with van der Waals surface area (Å²) in [6, 6.07) is 7.60. The zero-order valence-corrected chi connectivity index (χ0v) is 13.9. The van der Waals surface area contributed by atoms with Crippen LogP contribution < -0.4 is 10.1 Å². The summed E-state index contributed by atoms with van der Waals surface area (Å²) in [4.78, 5) is 11.9. The minimum Gasteiger partial charge on any atom is -0.492 e. The van der Waals surface area contributed by atoms with Gasteiger partial charge in [0.05, 0.1) is 0 Å². The van der Waals surface area contributed by atoms with Gasteiger partial charge in [0.15, 0.2) is 0 Å². The Morgan fingerprint density at radius 3 is 2.29 bits per heavy atom. The van der Waals surface area contributed by atoms with E-state index in [1.165, 1.54) is 5.56 Å². The Balaban J connectivity index is 2.37. The topological polar surface area (TPSA) is 47.6 Å². The van der Waals surface area contributed by atoms with Crippen LogP contribution in [0, 0.1) is 6.92 Å². The maximum absolute atomic E-state index is 11.9. The van der Waals surface area contributed by atoms with Gasteiger partial charge in [0.1, 0.15) is 24.0 Å². The molecule has 1 rings (SSSR count). The van der Waals surface area contributed by atoms with E-state index in [1.807, 2.05) is 58.9 Å². The number of carbonyl (C=O) groups excluding carboxylic acids is 1. The summed E-state index contributed by atoms with van der Waals surface area (Å²) in [5, 5.41) is 3.18. The van der Waals surface area contributed by atoms with Crippen molar-refractivity contribution in [3.05, 3.63) is 29.8 Å². The van der Waals surface area contributed by atoms with Crippen molar-refractivity contribution < 1.29 is 14.3 Å². The quantitative estimate of drug-likeness (QED) is 0.819. The van der Waals surface area contributed by atoms with Gasteiger partial charge in [0, 0.05) is 6.04 Å². The molecule has 4 nitrogen and oxygen atoms in total. The smallest absolute Gasteiger partial charge is 0.323 e. The Kier molecular flexibility index (Phi) is 6.21. The molecule has 0 aliphatic heterocycles. The van der Waals surface area contributed by atoms with Crippen molar-refractivity contribution >= 4 is 5.97 Å². The average Bonchev–Trinajstić information content (AvgIpc) is 2.36. The fraction of sp³-hybridized carbons (Fsp3) is 0.588. The van der Waals surface area contributed by atoms with E-state index in [0.717, 1.165) is 5.75 Å². The first-order valence-corrected chi connectivity index (χ1v) is 7.36. The molecule has 1 aromatic rings. The second-order valence-electron chi connectivity index (χ2n) is 6.45. The van der Waals surface area contributed by atoms with Crippen molar-refractivity contribution in [3.63, 3.8) is 0 Å². The average molecular weight is 293 g/mol. The second-order valence-corrected chi connectivity index (χ2v) is 6.45. The van der Waals surface area contributed by atoms with Crippen LogP contribution in [0.1, 0.15) is 40.2 Å². The molecule has 4 heteroatoms. The van der Waals surface area contributed by atoms with E-state index in [-0.39, 0.29) is 18.1 Å². The van der Waals surface area contributed by atoms with Crippen molar-refractivity contribution in [3.8, 4) is 5.75 Å². The van der Waals surface area contributed by atoms with E-state index in [1.54, 1.807) is 6.92 Å². The summed E-state index contributed by atoms with van der Waals surface area (Å²) in [5.41, 5.74) is 0.737. The molecule has 0 amide bonds. The highest BCUT2D eigenvalue weighted by atomic mass is 16.6. The molecule has 0 spiro atoms. The highest BCUT2D eigenvalue weighted by molar-refractivity contribution is 5.75. The Labute approximate surface area is 127 Å². The summed E-state index contributed by atoms with van der Waals surface area (Å²) in [6.45, 7) is 11.9. The molecule has 0 fully saturated rings. The molecule has 0 aliphatic rings. The molecule has 1 aromatic carbocycles. The molecule has 0 bridgehead atoms. The standard InChI is InChI=1S/C17H27NO3/c1-12-7-9-15(10-8-12)20-11-13(2)18-14(3)16(19)21-17(4,5)6/h7-10,13-14,18H,11H2,1-6H3. The highest BCUT2D eigenvalue weighted by Gasteiger charge is 2.22. The molecule has 0 heterocycles. The van der Waals surface area contributed by atoms with Gasteiger partial charge in [-0.2, -0.15) is 0 Å². The molecule has 2 unspecified atom stereocenters. The number of aryl methyl sites for hydroxylation is 1. The molecule has 0 aliphatic carbocycles. The van der Waals surface area contributed by atoms with Gasteiger partial charge in [0.25, 0.3) is 0 Å². The third kappa shape index (κ3) is 7.14. The number of nitrogens with one attached hydrogen (secondary N) is 1. The first kappa shape index (κ1) is 17.5. The Morgan fingerprint density at radius 2 is 1.76 bits per heavy atom. The maximum Gasteiger partial charge on any atom is 0.323 e. The molecular formula is C17H27NO3. The number of ether oxygens (including phenoxy) is 2. The normalized spacial score (nSPS) is 14.4. The van der Waals surface area contributed by atoms with E-state index >= 15 is 0 Å². The maximum atomic E-state index is 11.9. The number of carbonyl (C=O) groups is 1. The van der Waals surface area contributed by atoms with Gasteiger partial charge in [-0.1, -0.05) is 17.7 Å². The molecular weight excluding hydrogens is 266 g/mol. The Bertz CT molecular complexity index is 448. The van der Waals surface area contributed by atoms with Gasteiger partial charge in [-0.3, -0.25) is 10.1 Å². The predicted octanol–water partition coefficient (Wildman–Crippen LogP) is 3.08. The molecule has 21 heavy (non-hydrogen) atoms. The van der Waals surface area contributed by atoms with Gasteiger partial charge in [0.2, 0.25) is 0 Å². The summed E-state index contributed by atoms with van der Waals surface area (Å²) in [6.07, 6.45) is 0. The third-order valence-corrected chi connectivity index (χ3v) is 2.82. The number of rotatable bonds is 6. The summed E-state index contributed by atoms with van der Waals surface area (Å²) in [5.74, 6) is 0.587. The number of hydrogen-bond acceptors (Lipinski definition) is 4. The number of esters is 1. The lowest BCUT2D eigenvalue weighted by atomic mass is 10.2. The van der Waals surface area contributed by atoms with Crippen LogP contribution in [0.5, 0.6) is 5.75 Å². The fourth-order valence-electron chi connectivity index (χ4n) is 1.79. The molecule has 1 N–H and O–H groups in total. The summed E-state index contributed by atoms with van der Waals surface area (Å²) in [7, 11) is 0. The largest absolute Gasteiger partial charge is 0.492 e. The van der Waals surface area contributed by atoms with Crippen molar-refractivity contribution in [2.24, 2.45) is 0 Å². The SMILES string of the molecule is Cc1ccc(OCC(C)NC(C)C(=O)OC(C)(C)C)cc1. The van der Waals surface area contributed by atoms with E-state index in [4.69, 9.17) is 9.47 Å². The van der Waals surface area contributed by atoms with Crippen LogP contribution >= 0.6 is 0 Å². The van der Waals surface area contributed by atoms with Crippen LogP contribution in [0.4, 0.5) is 0 Å². The van der Waals surface area contributed by atoms with Crippen LogP contribution in [0.25, 0.3) is 0 Å². The van der Waals surface area contributed by atoms with E-state index in [0.29, 0.717) is 6.61 Å². The van der Waals surface area contributed by atoms with Gasteiger partial charge in [-0.05, 0) is 53.7 Å². The monoisotopic (exact) mass is 293 g/mol. The van der Waals surface area contributed by atoms with E-state index < -0.39 is 5.60 Å². The van der Waals surface area contributed by atoms with Gasteiger partial charge >= 0.3 is 5.97 Å². The van der Waals surface area contributed by atoms with E-state index in [2.05, 4.69) is 5.32 Å². The predicted molar refractivity (Wildman–Crippen MR) is 84.6 cm³/mol. The lowest BCUT2D eigenvalue weighted by molar-refractivity contribution is -0.157. The first-order valence-electron chi connectivity index (χ1n) is 7.36. The van der Waals surface area contributed by atoms with Crippen LogP contribution in [0.2, 0.25) is 0 Å². The van der Waals surface area contributed by atoms with Crippen molar-refractivity contribution in [2.45, 2.75) is 59.2 Å². The molecule has 2 atom stereocenters. The zero-order chi connectivity index (χ0) is 16.0. The van der Waals surface area contributed by atoms with Gasteiger partial charge in [-0.15, -0.1) is 0 Å². The molecule has 0 saturated heterocycles. The van der Waals surface area contributed by atoms with Crippen molar-refractivity contribution in [1.29, 1.82) is 0 Å². The highest BCUT2D eigenvalue weighted by Crippen LogP contribution is 2.12. The third-order valence-electron chi connectivity index (χ3n) is 2.82. The molecule has 0 radical (unpaired) electrons.